The van der Waals surface area contributed by atoms with Crippen molar-refractivity contribution < 1.29 is 9.47 Å². The first kappa shape index (κ1) is 15.2. The zero-order valence-electron chi connectivity index (χ0n) is 12.4. The van der Waals surface area contributed by atoms with Crippen molar-refractivity contribution in [2.75, 3.05) is 61.7 Å². The Kier molecular flexibility index (Phi) is 5.88. The average molecular weight is 257 g/mol. The molecule has 0 radical (unpaired) electrons. The molecule has 0 spiro atoms. The number of guanidine groups is 1. The monoisotopic (exact) mass is 257 g/mol. The molecule has 0 N–H and O–H groups in total. The number of rotatable bonds is 4. The molecule has 1 rings (SSSR count). The summed E-state index contributed by atoms with van der Waals surface area (Å²) in [5.74, 6) is 0.997. The van der Waals surface area contributed by atoms with E-state index >= 15 is 0 Å². The minimum absolute atomic E-state index is 0.143. The fraction of sp³-hybridized carbons (Fsp3) is 0.923. The second-order valence-electron chi connectivity index (χ2n) is 5.45. The highest BCUT2D eigenvalue weighted by Crippen LogP contribution is 2.31. The van der Waals surface area contributed by atoms with Crippen molar-refractivity contribution in [1.29, 1.82) is 0 Å². The van der Waals surface area contributed by atoms with E-state index in [-0.39, 0.29) is 5.41 Å². The van der Waals surface area contributed by atoms with E-state index in [4.69, 9.17) is 14.5 Å². The number of aliphatic imine (C=N–C) groups is 1. The molecule has 1 aliphatic heterocycles. The molecule has 0 unspecified atom stereocenters. The Morgan fingerprint density at radius 2 is 1.72 bits per heavy atom. The number of methoxy groups -OCH3 is 1. The molecule has 1 fully saturated rings. The van der Waals surface area contributed by atoms with Gasteiger partial charge in [-0.1, -0.05) is 0 Å². The summed E-state index contributed by atoms with van der Waals surface area (Å²) in [5.41, 5.74) is 0.143. The number of nitrogens with zero attached hydrogens (tertiary/aromatic N) is 3. The Morgan fingerprint density at radius 3 is 2.17 bits per heavy atom. The van der Waals surface area contributed by atoms with Crippen LogP contribution in [0.2, 0.25) is 0 Å². The summed E-state index contributed by atoms with van der Waals surface area (Å²) in [7, 11) is 9.84. The van der Waals surface area contributed by atoms with Crippen LogP contribution in [0, 0.1) is 5.41 Å². The smallest absolute Gasteiger partial charge is 0.195 e. The van der Waals surface area contributed by atoms with E-state index < -0.39 is 0 Å². The van der Waals surface area contributed by atoms with Crippen LogP contribution >= 0.6 is 0 Å². The molecule has 0 saturated carbocycles. The van der Waals surface area contributed by atoms with Gasteiger partial charge in [0.25, 0.3) is 0 Å². The summed E-state index contributed by atoms with van der Waals surface area (Å²) in [5, 5.41) is 0. The summed E-state index contributed by atoms with van der Waals surface area (Å²) in [6, 6.07) is 0. The van der Waals surface area contributed by atoms with E-state index in [0.717, 1.165) is 45.2 Å². The van der Waals surface area contributed by atoms with Crippen molar-refractivity contribution in [3.05, 3.63) is 0 Å². The van der Waals surface area contributed by atoms with Gasteiger partial charge in [-0.2, -0.15) is 0 Å². The normalized spacial score (nSPS) is 18.3. The highest BCUT2D eigenvalue weighted by molar-refractivity contribution is 5.79. The zero-order chi connectivity index (χ0) is 13.6. The first-order chi connectivity index (χ1) is 8.51. The molecule has 0 amide bonds. The molecule has 1 heterocycles. The molecule has 18 heavy (non-hydrogen) atoms. The predicted octanol–water partition coefficient (Wildman–Crippen LogP) is 0.909. The third-order valence-electron chi connectivity index (χ3n) is 3.36. The molecule has 1 saturated heterocycles. The molecule has 5 nitrogen and oxygen atoms in total. The Hall–Kier alpha value is -0.810. The standard InChI is InChI=1S/C13H27N3O2/c1-15(2)12(16(3)4)14-10-13(11-17-5)6-8-18-9-7-13/h6-11H2,1-5H3. The van der Waals surface area contributed by atoms with Crippen LogP contribution in [0.1, 0.15) is 12.8 Å². The zero-order valence-corrected chi connectivity index (χ0v) is 12.4. The van der Waals surface area contributed by atoms with Crippen LogP contribution in [0.3, 0.4) is 0 Å². The Morgan fingerprint density at radius 1 is 1.17 bits per heavy atom. The Balaban J connectivity index is 2.73. The van der Waals surface area contributed by atoms with Crippen molar-refractivity contribution in [2.45, 2.75) is 12.8 Å². The lowest BCUT2D eigenvalue weighted by Crippen LogP contribution is -2.40. The van der Waals surface area contributed by atoms with Crippen molar-refractivity contribution >= 4 is 5.96 Å². The third-order valence-corrected chi connectivity index (χ3v) is 3.36. The maximum Gasteiger partial charge on any atom is 0.195 e. The minimum atomic E-state index is 0.143. The summed E-state index contributed by atoms with van der Waals surface area (Å²) in [6.45, 7) is 3.19. The Bertz CT molecular complexity index is 256. The number of hydrogen-bond acceptors (Lipinski definition) is 3. The molecular weight excluding hydrogens is 230 g/mol. The van der Waals surface area contributed by atoms with Gasteiger partial charge >= 0.3 is 0 Å². The average Bonchev–Trinajstić information content (AvgIpc) is 2.29. The summed E-state index contributed by atoms with van der Waals surface area (Å²) in [4.78, 5) is 8.85. The summed E-state index contributed by atoms with van der Waals surface area (Å²) >= 11 is 0. The molecule has 0 atom stereocenters. The molecule has 0 aromatic carbocycles. The lowest BCUT2D eigenvalue weighted by atomic mass is 9.81. The minimum Gasteiger partial charge on any atom is -0.384 e. The third kappa shape index (κ3) is 4.14. The largest absolute Gasteiger partial charge is 0.384 e. The maximum absolute atomic E-state index is 5.45. The quantitative estimate of drug-likeness (QED) is 0.554. The fourth-order valence-corrected chi connectivity index (χ4v) is 2.38. The van der Waals surface area contributed by atoms with E-state index in [1.54, 1.807) is 7.11 Å². The maximum atomic E-state index is 5.45. The van der Waals surface area contributed by atoms with E-state index in [2.05, 4.69) is 0 Å². The van der Waals surface area contributed by atoms with Gasteiger partial charge in [-0.25, -0.2) is 0 Å². The van der Waals surface area contributed by atoms with Crippen molar-refractivity contribution in [2.24, 2.45) is 10.4 Å². The highest BCUT2D eigenvalue weighted by atomic mass is 16.5. The van der Waals surface area contributed by atoms with Crippen LogP contribution in [0.5, 0.6) is 0 Å². The molecular formula is C13H27N3O2. The van der Waals surface area contributed by atoms with Gasteiger partial charge in [0.15, 0.2) is 5.96 Å². The van der Waals surface area contributed by atoms with Crippen molar-refractivity contribution in [1.82, 2.24) is 9.80 Å². The molecule has 5 heteroatoms. The molecule has 1 aliphatic rings. The Labute approximate surface area is 111 Å². The van der Waals surface area contributed by atoms with Gasteiger partial charge in [0, 0.05) is 53.9 Å². The fourth-order valence-electron chi connectivity index (χ4n) is 2.38. The van der Waals surface area contributed by atoms with E-state index in [0.29, 0.717) is 0 Å². The van der Waals surface area contributed by atoms with Gasteiger partial charge in [-0.15, -0.1) is 0 Å². The lowest BCUT2D eigenvalue weighted by Gasteiger charge is -2.36. The molecule has 0 aromatic heterocycles. The van der Waals surface area contributed by atoms with Gasteiger partial charge in [0.2, 0.25) is 0 Å². The van der Waals surface area contributed by atoms with Gasteiger partial charge < -0.3 is 19.3 Å². The highest BCUT2D eigenvalue weighted by Gasteiger charge is 2.32. The van der Waals surface area contributed by atoms with Gasteiger partial charge in [0.05, 0.1) is 13.2 Å². The van der Waals surface area contributed by atoms with Gasteiger partial charge in [-0.05, 0) is 12.8 Å². The second-order valence-corrected chi connectivity index (χ2v) is 5.45. The first-order valence-corrected chi connectivity index (χ1v) is 6.46. The summed E-state index contributed by atoms with van der Waals surface area (Å²) < 4.78 is 10.8. The number of ether oxygens (including phenoxy) is 2. The van der Waals surface area contributed by atoms with Crippen LogP contribution in [0.4, 0.5) is 0 Å². The van der Waals surface area contributed by atoms with Crippen LogP contribution < -0.4 is 0 Å². The van der Waals surface area contributed by atoms with E-state index in [1.807, 2.05) is 38.0 Å². The molecule has 0 aromatic rings. The topological polar surface area (TPSA) is 37.3 Å². The van der Waals surface area contributed by atoms with Crippen LogP contribution in [0.25, 0.3) is 0 Å². The second kappa shape index (κ2) is 6.95. The molecule has 106 valence electrons. The van der Waals surface area contributed by atoms with Crippen LogP contribution in [0.15, 0.2) is 4.99 Å². The van der Waals surface area contributed by atoms with Crippen LogP contribution in [-0.2, 0) is 9.47 Å². The van der Waals surface area contributed by atoms with E-state index in [9.17, 15) is 0 Å². The van der Waals surface area contributed by atoms with Crippen molar-refractivity contribution in [3.63, 3.8) is 0 Å². The summed E-state index contributed by atoms with van der Waals surface area (Å²) in [6.07, 6.45) is 2.05. The molecule has 0 aliphatic carbocycles. The number of hydrogen-bond donors (Lipinski definition) is 0. The van der Waals surface area contributed by atoms with Crippen molar-refractivity contribution in [3.8, 4) is 0 Å². The first-order valence-electron chi connectivity index (χ1n) is 6.46. The molecule has 0 bridgehead atoms. The van der Waals surface area contributed by atoms with Gasteiger partial charge in [-0.3, -0.25) is 4.99 Å². The lowest BCUT2D eigenvalue weighted by molar-refractivity contribution is -0.0224. The van der Waals surface area contributed by atoms with Crippen LogP contribution in [-0.4, -0.2) is 77.4 Å². The SMILES string of the molecule is COCC1(CN=C(N(C)C)N(C)C)CCOCC1. The predicted molar refractivity (Wildman–Crippen MR) is 74.0 cm³/mol. The van der Waals surface area contributed by atoms with E-state index in [1.165, 1.54) is 0 Å². The van der Waals surface area contributed by atoms with Gasteiger partial charge in [0.1, 0.15) is 0 Å².